The van der Waals surface area contributed by atoms with Crippen molar-refractivity contribution in [2.24, 2.45) is 0 Å². The van der Waals surface area contributed by atoms with Crippen LogP contribution in [0.1, 0.15) is 11.5 Å². The molecule has 0 atom stereocenters. The maximum atomic E-state index is 12.3. The van der Waals surface area contributed by atoms with Gasteiger partial charge in [-0.05, 0) is 23.8 Å². The Balaban J connectivity index is 1.51. The van der Waals surface area contributed by atoms with Gasteiger partial charge in [0.15, 0.2) is 5.76 Å². The first-order valence-corrected chi connectivity index (χ1v) is 8.01. The van der Waals surface area contributed by atoms with Gasteiger partial charge in [-0.3, -0.25) is 0 Å². The fourth-order valence-corrected chi connectivity index (χ4v) is 2.64. The van der Waals surface area contributed by atoms with E-state index in [-0.39, 0.29) is 0 Å². The van der Waals surface area contributed by atoms with Crippen LogP contribution < -0.4 is 10.6 Å². The quantitative estimate of drug-likeness (QED) is 0.745. The smallest absolute Gasteiger partial charge is 0.330 e. The number of benzene rings is 1. The molecule has 0 unspecified atom stereocenters. The molecular formula is C17H15N5O4. The van der Waals surface area contributed by atoms with Gasteiger partial charge in [-0.2, -0.15) is 4.98 Å². The highest BCUT2D eigenvalue weighted by Gasteiger charge is 2.26. The average molecular weight is 353 g/mol. The number of hydrogen-bond acceptors (Lipinski definition) is 6. The Hall–Kier alpha value is -3.62. The molecule has 2 aromatic heterocycles. The summed E-state index contributed by atoms with van der Waals surface area (Å²) in [5.41, 5.74) is 1.37. The minimum absolute atomic E-state index is 0.330. The molecule has 9 nitrogen and oxygen atoms in total. The van der Waals surface area contributed by atoms with Gasteiger partial charge in [0.2, 0.25) is 11.7 Å². The highest BCUT2D eigenvalue weighted by molar-refractivity contribution is 6.01. The van der Waals surface area contributed by atoms with E-state index in [9.17, 15) is 9.59 Å². The van der Waals surface area contributed by atoms with Crippen LogP contribution in [0.15, 0.2) is 51.6 Å². The van der Waals surface area contributed by atoms with Crippen LogP contribution in [0.25, 0.3) is 11.6 Å². The second-order valence-electron chi connectivity index (χ2n) is 5.64. The summed E-state index contributed by atoms with van der Waals surface area (Å²) >= 11 is 0. The molecule has 132 valence electrons. The molecule has 1 aliphatic heterocycles. The summed E-state index contributed by atoms with van der Waals surface area (Å²) in [4.78, 5) is 29.3. The third-order valence-corrected chi connectivity index (χ3v) is 3.91. The lowest BCUT2D eigenvalue weighted by molar-refractivity contribution is 0.207. The number of hydrogen-bond donors (Lipinski definition) is 2. The molecule has 0 radical (unpaired) electrons. The lowest BCUT2D eigenvalue weighted by Crippen LogP contribution is -2.37. The van der Waals surface area contributed by atoms with Gasteiger partial charge in [0.05, 0.1) is 12.7 Å². The summed E-state index contributed by atoms with van der Waals surface area (Å²) in [5.74, 6) is 1.26. The van der Waals surface area contributed by atoms with Crippen molar-refractivity contribution in [2.45, 2.75) is 6.42 Å². The number of anilines is 1. The molecule has 0 saturated carbocycles. The molecule has 1 aromatic carbocycles. The van der Waals surface area contributed by atoms with Crippen molar-refractivity contribution in [1.82, 2.24) is 20.4 Å². The monoisotopic (exact) mass is 353 g/mol. The second kappa shape index (κ2) is 6.71. The van der Waals surface area contributed by atoms with E-state index in [4.69, 9.17) is 8.94 Å². The van der Waals surface area contributed by atoms with Crippen LogP contribution in [0.4, 0.5) is 15.3 Å². The summed E-state index contributed by atoms with van der Waals surface area (Å²) in [6.45, 7) is 0.786. The number of imide groups is 1. The number of amides is 4. The average Bonchev–Trinajstić information content (AvgIpc) is 3.37. The van der Waals surface area contributed by atoms with Crippen LogP contribution in [0.3, 0.4) is 0 Å². The first kappa shape index (κ1) is 15.9. The fraction of sp³-hybridized carbons (Fsp3) is 0.176. The van der Waals surface area contributed by atoms with E-state index >= 15 is 0 Å². The van der Waals surface area contributed by atoms with Gasteiger partial charge in [-0.25, -0.2) is 14.5 Å². The summed E-state index contributed by atoms with van der Waals surface area (Å²) in [6, 6.07) is 9.84. The van der Waals surface area contributed by atoms with Crippen LogP contribution in [-0.2, 0) is 6.42 Å². The predicted molar refractivity (Wildman–Crippen MR) is 90.4 cm³/mol. The van der Waals surface area contributed by atoms with Crippen molar-refractivity contribution in [3.63, 3.8) is 0 Å². The molecule has 0 bridgehead atoms. The van der Waals surface area contributed by atoms with Gasteiger partial charge in [0.1, 0.15) is 0 Å². The zero-order chi connectivity index (χ0) is 17.9. The van der Waals surface area contributed by atoms with Crippen molar-refractivity contribution in [2.75, 3.05) is 18.4 Å². The van der Waals surface area contributed by atoms with Crippen LogP contribution in [0, 0.1) is 0 Å². The van der Waals surface area contributed by atoms with Crippen LogP contribution >= 0.6 is 0 Å². The number of rotatable bonds is 4. The number of carbonyl (C=O) groups excluding carboxylic acids is 2. The minimum Gasteiger partial charge on any atom is -0.461 e. The number of aromatic nitrogens is 2. The molecule has 3 heterocycles. The number of urea groups is 2. The molecule has 0 spiro atoms. The molecule has 0 aliphatic carbocycles. The van der Waals surface area contributed by atoms with Crippen LogP contribution in [0.2, 0.25) is 0 Å². The van der Waals surface area contributed by atoms with Crippen molar-refractivity contribution in [3.05, 3.63) is 54.1 Å². The van der Waals surface area contributed by atoms with Gasteiger partial charge in [0, 0.05) is 18.8 Å². The number of furan rings is 1. The van der Waals surface area contributed by atoms with Gasteiger partial charge in [0.25, 0.3) is 0 Å². The standard InChI is InChI=1S/C17H15N5O4/c23-16-18-7-8-22(16)17(24)19-12-5-2-1-4-11(12)10-14-20-15(21-26-14)13-6-3-9-25-13/h1-6,9H,7-8,10H2,(H,18,23)(H,19,24). The topological polar surface area (TPSA) is 114 Å². The van der Waals surface area contributed by atoms with Crippen molar-refractivity contribution in [3.8, 4) is 11.6 Å². The van der Waals surface area contributed by atoms with E-state index in [1.165, 1.54) is 6.26 Å². The summed E-state index contributed by atoms with van der Waals surface area (Å²) in [5, 5.41) is 9.24. The summed E-state index contributed by atoms with van der Waals surface area (Å²) < 4.78 is 10.5. The Bertz CT molecular complexity index is 934. The van der Waals surface area contributed by atoms with Crippen molar-refractivity contribution in [1.29, 1.82) is 0 Å². The Kier molecular flexibility index (Phi) is 4.10. The zero-order valence-electron chi connectivity index (χ0n) is 13.6. The molecule has 1 aliphatic rings. The van der Waals surface area contributed by atoms with Crippen LogP contribution in [-0.4, -0.2) is 40.2 Å². The molecule has 4 amide bonds. The molecule has 2 N–H and O–H groups in total. The highest BCUT2D eigenvalue weighted by atomic mass is 16.5. The molecular weight excluding hydrogens is 338 g/mol. The van der Waals surface area contributed by atoms with Crippen molar-refractivity contribution < 1.29 is 18.5 Å². The van der Waals surface area contributed by atoms with Crippen molar-refractivity contribution >= 4 is 17.7 Å². The molecule has 26 heavy (non-hydrogen) atoms. The Morgan fingerprint density at radius 3 is 2.92 bits per heavy atom. The van der Waals surface area contributed by atoms with Gasteiger partial charge < -0.3 is 19.6 Å². The fourth-order valence-electron chi connectivity index (χ4n) is 2.64. The highest BCUT2D eigenvalue weighted by Crippen LogP contribution is 2.21. The second-order valence-corrected chi connectivity index (χ2v) is 5.64. The third kappa shape index (κ3) is 3.14. The van der Waals surface area contributed by atoms with E-state index in [0.29, 0.717) is 42.7 Å². The van der Waals surface area contributed by atoms with E-state index in [1.807, 2.05) is 12.1 Å². The largest absolute Gasteiger partial charge is 0.461 e. The minimum atomic E-state index is -0.478. The SMILES string of the molecule is O=C1NCCN1C(=O)Nc1ccccc1Cc1nc(-c2ccco2)no1. The normalized spacial score (nSPS) is 13.7. The first-order chi connectivity index (χ1) is 12.7. The van der Waals surface area contributed by atoms with E-state index in [2.05, 4.69) is 20.8 Å². The van der Waals surface area contributed by atoms with Gasteiger partial charge in [-0.15, -0.1) is 0 Å². The van der Waals surface area contributed by atoms with E-state index < -0.39 is 12.1 Å². The number of nitrogens with zero attached hydrogens (tertiary/aromatic N) is 3. The summed E-state index contributed by atoms with van der Waals surface area (Å²) in [6.07, 6.45) is 1.86. The lowest BCUT2D eigenvalue weighted by Gasteiger charge is -2.15. The zero-order valence-corrected chi connectivity index (χ0v) is 13.6. The van der Waals surface area contributed by atoms with Gasteiger partial charge in [-0.1, -0.05) is 23.4 Å². The Morgan fingerprint density at radius 1 is 1.27 bits per heavy atom. The number of carbonyl (C=O) groups is 2. The Morgan fingerprint density at radius 2 is 2.15 bits per heavy atom. The third-order valence-electron chi connectivity index (χ3n) is 3.91. The maximum Gasteiger partial charge on any atom is 0.330 e. The van der Waals surface area contributed by atoms with E-state index in [0.717, 1.165) is 10.5 Å². The van der Waals surface area contributed by atoms with Gasteiger partial charge >= 0.3 is 12.1 Å². The molecule has 1 fully saturated rings. The lowest BCUT2D eigenvalue weighted by atomic mass is 10.1. The maximum absolute atomic E-state index is 12.3. The molecule has 9 heteroatoms. The van der Waals surface area contributed by atoms with E-state index in [1.54, 1.807) is 24.3 Å². The molecule has 3 aromatic rings. The Labute approximate surface area is 148 Å². The number of para-hydroxylation sites is 1. The predicted octanol–water partition coefficient (Wildman–Crippen LogP) is 2.48. The summed E-state index contributed by atoms with van der Waals surface area (Å²) in [7, 11) is 0. The molecule has 4 rings (SSSR count). The van der Waals surface area contributed by atoms with Crippen LogP contribution in [0.5, 0.6) is 0 Å². The first-order valence-electron chi connectivity index (χ1n) is 8.01. The number of nitrogens with one attached hydrogen (secondary N) is 2. The molecule has 1 saturated heterocycles.